The van der Waals surface area contributed by atoms with E-state index in [0.29, 0.717) is 21.1 Å². The highest BCUT2D eigenvalue weighted by molar-refractivity contribution is 9.11. The number of sulfonamides is 1. The largest absolute Gasteiger partial charge is 0.326 e. The predicted molar refractivity (Wildman–Crippen MR) is 88.4 cm³/mol. The van der Waals surface area contributed by atoms with Gasteiger partial charge < -0.3 is 5.73 Å². The van der Waals surface area contributed by atoms with Gasteiger partial charge in [0, 0.05) is 17.5 Å². The number of nitrogens with one attached hydrogen (secondary N) is 1. The first-order chi connectivity index (χ1) is 9.26. The highest BCUT2D eigenvalue weighted by Gasteiger charge is 2.22. The Balaban J connectivity index is 2.66. The van der Waals surface area contributed by atoms with Crippen LogP contribution in [0.25, 0.3) is 0 Å². The van der Waals surface area contributed by atoms with Crippen molar-refractivity contribution in [2.45, 2.75) is 57.5 Å². The van der Waals surface area contributed by atoms with Gasteiger partial charge in [-0.1, -0.05) is 26.7 Å². The molecule has 20 heavy (non-hydrogen) atoms. The number of hydrogen-bond donors (Lipinski definition) is 2. The van der Waals surface area contributed by atoms with Crippen LogP contribution in [-0.4, -0.2) is 14.5 Å². The van der Waals surface area contributed by atoms with Crippen molar-refractivity contribution in [3.05, 3.63) is 14.7 Å². The van der Waals surface area contributed by atoms with Crippen molar-refractivity contribution in [2.24, 2.45) is 11.7 Å². The molecule has 0 saturated heterocycles. The zero-order chi connectivity index (χ0) is 15.3. The summed E-state index contributed by atoms with van der Waals surface area (Å²) in [6, 6.07) is 1.57. The van der Waals surface area contributed by atoms with Gasteiger partial charge in [0.05, 0.1) is 3.79 Å². The summed E-state index contributed by atoms with van der Waals surface area (Å²) in [5.74, 6) is 0.650. The molecular weight excluding hydrogens is 360 g/mol. The fraction of sp³-hybridized carbons (Fsp3) is 0.692. The SMILES string of the molecule is CC(C)CCCC(C)NS(=O)(=O)c1cc(CN)sc1Br. The van der Waals surface area contributed by atoms with E-state index in [1.165, 1.54) is 11.3 Å². The quantitative estimate of drug-likeness (QED) is 0.722. The van der Waals surface area contributed by atoms with Gasteiger partial charge in [0.15, 0.2) is 0 Å². The Morgan fingerprint density at radius 3 is 2.50 bits per heavy atom. The van der Waals surface area contributed by atoms with E-state index in [9.17, 15) is 8.42 Å². The normalized spacial score (nSPS) is 13.9. The Morgan fingerprint density at radius 1 is 1.35 bits per heavy atom. The van der Waals surface area contributed by atoms with Gasteiger partial charge in [-0.25, -0.2) is 13.1 Å². The van der Waals surface area contributed by atoms with Crippen molar-refractivity contribution in [3.63, 3.8) is 0 Å². The Hall–Kier alpha value is 0.0500. The van der Waals surface area contributed by atoms with Crippen LogP contribution in [0.2, 0.25) is 0 Å². The van der Waals surface area contributed by atoms with Crippen LogP contribution in [0, 0.1) is 5.92 Å². The van der Waals surface area contributed by atoms with Crippen LogP contribution in [0.5, 0.6) is 0 Å². The monoisotopic (exact) mass is 382 g/mol. The fourth-order valence-corrected chi connectivity index (χ4v) is 5.74. The third-order valence-electron chi connectivity index (χ3n) is 2.97. The van der Waals surface area contributed by atoms with Crippen LogP contribution in [0.4, 0.5) is 0 Å². The molecule has 0 amide bonds. The van der Waals surface area contributed by atoms with Crippen molar-refractivity contribution < 1.29 is 8.42 Å². The van der Waals surface area contributed by atoms with Crippen LogP contribution in [0.15, 0.2) is 14.7 Å². The van der Waals surface area contributed by atoms with E-state index in [1.54, 1.807) is 6.07 Å². The van der Waals surface area contributed by atoms with Gasteiger partial charge >= 0.3 is 0 Å². The third kappa shape index (κ3) is 5.44. The lowest BCUT2D eigenvalue weighted by atomic mass is 10.0. The lowest BCUT2D eigenvalue weighted by Crippen LogP contribution is -2.32. The summed E-state index contributed by atoms with van der Waals surface area (Å²) in [5.41, 5.74) is 5.54. The smallest absolute Gasteiger partial charge is 0.242 e. The summed E-state index contributed by atoms with van der Waals surface area (Å²) in [6.45, 7) is 6.60. The number of halogens is 1. The first-order valence-electron chi connectivity index (χ1n) is 6.77. The van der Waals surface area contributed by atoms with Crippen LogP contribution >= 0.6 is 27.3 Å². The minimum Gasteiger partial charge on any atom is -0.326 e. The maximum Gasteiger partial charge on any atom is 0.242 e. The highest BCUT2D eigenvalue weighted by Crippen LogP contribution is 2.31. The lowest BCUT2D eigenvalue weighted by molar-refractivity contribution is 0.488. The standard InChI is InChI=1S/C13H23BrN2O2S2/c1-9(2)5-4-6-10(3)16-20(17,18)12-7-11(8-15)19-13(12)14/h7,9-10,16H,4-6,8,15H2,1-3H3. The zero-order valence-corrected chi connectivity index (χ0v) is 15.4. The van der Waals surface area contributed by atoms with Crippen molar-refractivity contribution in [3.8, 4) is 0 Å². The molecule has 0 fully saturated rings. The second-order valence-corrected chi connectivity index (χ2v) is 9.54. The molecule has 1 aromatic heterocycles. The summed E-state index contributed by atoms with van der Waals surface area (Å²) in [7, 11) is -3.47. The van der Waals surface area contributed by atoms with Crippen molar-refractivity contribution in [1.29, 1.82) is 0 Å². The van der Waals surface area contributed by atoms with E-state index in [-0.39, 0.29) is 6.04 Å². The molecule has 0 aromatic carbocycles. The van der Waals surface area contributed by atoms with Gasteiger partial charge in [-0.15, -0.1) is 11.3 Å². The Bertz CT molecular complexity index is 526. The number of nitrogens with two attached hydrogens (primary N) is 1. The molecule has 0 saturated carbocycles. The Labute approximate surface area is 134 Å². The maximum absolute atomic E-state index is 12.3. The van der Waals surface area contributed by atoms with Crippen molar-refractivity contribution in [1.82, 2.24) is 4.72 Å². The fourth-order valence-electron chi connectivity index (χ4n) is 1.90. The topological polar surface area (TPSA) is 72.2 Å². The van der Waals surface area contributed by atoms with Gasteiger partial charge in [-0.3, -0.25) is 0 Å². The average Bonchev–Trinajstić information content (AvgIpc) is 2.70. The average molecular weight is 383 g/mol. The molecule has 0 aliphatic carbocycles. The number of hydrogen-bond acceptors (Lipinski definition) is 4. The van der Waals surface area contributed by atoms with Gasteiger partial charge in [-0.05, 0) is 41.3 Å². The summed E-state index contributed by atoms with van der Waals surface area (Å²) in [6.07, 6.45) is 2.99. The molecule has 0 aliphatic heterocycles. The van der Waals surface area contributed by atoms with Crippen LogP contribution in [-0.2, 0) is 16.6 Å². The van der Waals surface area contributed by atoms with Gasteiger partial charge in [0.2, 0.25) is 10.0 Å². The minimum absolute atomic E-state index is 0.0631. The molecule has 1 aromatic rings. The molecule has 0 spiro atoms. The molecule has 1 atom stereocenters. The van der Waals surface area contributed by atoms with E-state index < -0.39 is 10.0 Å². The molecule has 7 heteroatoms. The molecular formula is C13H23BrN2O2S2. The van der Waals surface area contributed by atoms with Crippen molar-refractivity contribution >= 4 is 37.3 Å². The summed E-state index contributed by atoms with van der Waals surface area (Å²) < 4.78 is 28.0. The molecule has 116 valence electrons. The third-order valence-corrected chi connectivity index (χ3v) is 6.84. The highest BCUT2D eigenvalue weighted by atomic mass is 79.9. The summed E-state index contributed by atoms with van der Waals surface area (Å²) >= 11 is 4.66. The zero-order valence-electron chi connectivity index (χ0n) is 12.1. The first kappa shape index (κ1) is 18.1. The van der Waals surface area contributed by atoms with Crippen LogP contribution in [0.3, 0.4) is 0 Å². The second-order valence-electron chi connectivity index (χ2n) is 5.40. The molecule has 1 rings (SSSR count). The van der Waals surface area contributed by atoms with Crippen molar-refractivity contribution in [2.75, 3.05) is 0 Å². The molecule has 3 N–H and O–H groups in total. The van der Waals surface area contributed by atoms with E-state index in [1.807, 2.05) is 6.92 Å². The molecule has 0 bridgehead atoms. The van der Waals surface area contributed by atoms with Crippen LogP contribution in [0.1, 0.15) is 44.9 Å². The first-order valence-corrected chi connectivity index (χ1v) is 9.86. The predicted octanol–water partition coefficient (Wildman–Crippen LogP) is 3.46. The van der Waals surface area contributed by atoms with E-state index in [2.05, 4.69) is 34.5 Å². The van der Waals surface area contributed by atoms with Crippen LogP contribution < -0.4 is 10.5 Å². The minimum atomic E-state index is -3.47. The lowest BCUT2D eigenvalue weighted by Gasteiger charge is -2.14. The number of thiophene rings is 1. The van der Waals surface area contributed by atoms with E-state index in [4.69, 9.17) is 5.73 Å². The molecule has 0 aliphatic rings. The van der Waals surface area contributed by atoms with Gasteiger partial charge in [0.1, 0.15) is 4.90 Å². The molecule has 1 heterocycles. The molecule has 0 radical (unpaired) electrons. The van der Waals surface area contributed by atoms with Gasteiger partial charge in [0.25, 0.3) is 0 Å². The van der Waals surface area contributed by atoms with E-state index >= 15 is 0 Å². The summed E-state index contributed by atoms with van der Waals surface area (Å²) in [4.78, 5) is 1.14. The second kappa shape index (κ2) is 7.89. The maximum atomic E-state index is 12.3. The molecule has 1 unspecified atom stereocenters. The molecule has 4 nitrogen and oxygen atoms in total. The van der Waals surface area contributed by atoms with Gasteiger partial charge in [-0.2, -0.15) is 0 Å². The summed E-state index contributed by atoms with van der Waals surface area (Å²) in [5, 5.41) is 0. The number of rotatable bonds is 8. The van der Waals surface area contributed by atoms with E-state index in [0.717, 1.165) is 24.1 Å². The Morgan fingerprint density at radius 2 is 2.00 bits per heavy atom. The Kier molecular flexibility index (Phi) is 7.14.